The molecule has 118 valence electrons. The lowest BCUT2D eigenvalue weighted by Crippen LogP contribution is -2.05. The molecule has 3 atom stereocenters. The van der Waals surface area contributed by atoms with Crippen LogP contribution in [0, 0.1) is 5.92 Å². The minimum absolute atomic E-state index is 0.0425. The summed E-state index contributed by atoms with van der Waals surface area (Å²) in [4.78, 5) is 21.5. The minimum atomic E-state index is -0.0472. The van der Waals surface area contributed by atoms with Crippen LogP contribution in [0.15, 0.2) is 25.3 Å². The maximum absolute atomic E-state index is 10.9. The number of ether oxygens (including phenoxy) is 2. The Labute approximate surface area is 127 Å². The predicted molar refractivity (Wildman–Crippen MR) is 81.6 cm³/mol. The lowest BCUT2D eigenvalue weighted by Gasteiger charge is -2.05. The summed E-state index contributed by atoms with van der Waals surface area (Å²) in [6.45, 7) is 9.13. The zero-order valence-corrected chi connectivity index (χ0v) is 12.9. The first-order valence-corrected chi connectivity index (χ1v) is 7.68. The summed E-state index contributed by atoms with van der Waals surface area (Å²) in [6.07, 6.45) is 10.2. The Morgan fingerprint density at radius 3 is 2.14 bits per heavy atom. The molecule has 2 heterocycles. The molecule has 2 saturated heterocycles. The van der Waals surface area contributed by atoms with Crippen molar-refractivity contribution in [2.45, 2.75) is 64.1 Å². The first-order chi connectivity index (χ1) is 10.1. The molecule has 2 fully saturated rings. The summed E-state index contributed by atoms with van der Waals surface area (Å²) in [5, 5.41) is 0. The summed E-state index contributed by atoms with van der Waals surface area (Å²) in [7, 11) is 0. The molecule has 0 radical (unpaired) electrons. The molecule has 0 spiro atoms. The quantitative estimate of drug-likeness (QED) is 0.555. The fraction of sp³-hybridized carbons (Fsp3) is 0.647. The summed E-state index contributed by atoms with van der Waals surface area (Å²) < 4.78 is 10.1. The van der Waals surface area contributed by atoms with Crippen LogP contribution in [0.2, 0.25) is 0 Å². The van der Waals surface area contributed by atoms with Crippen LogP contribution in [0.5, 0.6) is 0 Å². The van der Waals surface area contributed by atoms with E-state index < -0.39 is 0 Å². The molecule has 2 aliphatic heterocycles. The van der Waals surface area contributed by atoms with E-state index >= 15 is 0 Å². The van der Waals surface area contributed by atoms with Gasteiger partial charge in [0.05, 0.1) is 5.92 Å². The Kier molecular flexibility index (Phi) is 7.80. The molecule has 0 bridgehead atoms. The van der Waals surface area contributed by atoms with Crippen molar-refractivity contribution in [3.05, 3.63) is 25.3 Å². The molecule has 4 heteroatoms. The van der Waals surface area contributed by atoms with Crippen molar-refractivity contribution in [3.8, 4) is 0 Å². The molecule has 2 aliphatic rings. The number of allylic oxidation sites excluding steroid dienone is 2. The number of hydrogen-bond acceptors (Lipinski definition) is 4. The highest BCUT2D eigenvalue weighted by atomic mass is 16.6. The molecule has 0 aromatic heterocycles. The monoisotopic (exact) mass is 294 g/mol. The number of carbonyl (C=O) groups excluding carboxylic acids is 2. The van der Waals surface area contributed by atoms with Crippen LogP contribution in [0.4, 0.5) is 0 Å². The Hall–Kier alpha value is -1.58. The smallest absolute Gasteiger partial charge is 0.309 e. The van der Waals surface area contributed by atoms with Gasteiger partial charge in [0.1, 0.15) is 12.2 Å². The zero-order valence-electron chi connectivity index (χ0n) is 12.9. The van der Waals surface area contributed by atoms with Crippen molar-refractivity contribution >= 4 is 11.9 Å². The van der Waals surface area contributed by atoms with Gasteiger partial charge in [0.25, 0.3) is 0 Å². The standard InChI is InChI=1S/C9H14O2.C8H12O2/c1-3-4-5-8-6-7(2)9(10)11-8;1-2-3-4-7-5-6-8(9)10-7/h3,7-8H,1,4-6H2,2H3;2,7H,1,3-6H2/t7?,8-;7-/m11/s1. The van der Waals surface area contributed by atoms with Gasteiger partial charge in [0.2, 0.25) is 0 Å². The van der Waals surface area contributed by atoms with Crippen LogP contribution in [-0.4, -0.2) is 24.1 Å². The highest BCUT2D eigenvalue weighted by Gasteiger charge is 2.29. The van der Waals surface area contributed by atoms with Crippen LogP contribution >= 0.6 is 0 Å². The molecule has 1 unspecified atom stereocenters. The number of hydrogen-bond donors (Lipinski definition) is 0. The van der Waals surface area contributed by atoms with Gasteiger partial charge in [-0.25, -0.2) is 0 Å². The minimum Gasteiger partial charge on any atom is -0.462 e. The molecular formula is C17H26O4. The fourth-order valence-electron chi connectivity index (χ4n) is 2.39. The number of esters is 2. The Bertz CT molecular complexity index is 375. The van der Waals surface area contributed by atoms with E-state index in [9.17, 15) is 9.59 Å². The Morgan fingerprint density at radius 2 is 1.71 bits per heavy atom. The highest BCUT2D eigenvalue weighted by Crippen LogP contribution is 2.23. The summed E-state index contributed by atoms with van der Waals surface area (Å²) >= 11 is 0. The summed E-state index contributed by atoms with van der Waals surface area (Å²) in [6, 6.07) is 0. The maximum Gasteiger partial charge on any atom is 0.309 e. The summed E-state index contributed by atoms with van der Waals surface area (Å²) in [5.74, 6) is 0.0120. The van der Waals surface area contributed by atoms with Crippen molar-refractivity contribution in [1.29, 1.82) is 0 Å². The van der Waals surface area contributed by atoms with Gasteiger partial charge in [-0.3, -0.25) is 9.59 Å². The van der Waals surface area contributed by atoms with Gasteiger partial charge >= 0.3 is 11.9 Å². The molecule has 0 aromatic carbocycles. The van der Waals surface area contributed by atoms with E-state index in [-0.39, 0.29) is 30.1 Å². The van der Waals surface area contributed by atoms with Gasteiger partial charge in [-0.2, -0.15) is 0 Å². The maximum atomic E-state index is 10.9. The van der Waals surface area contributed by atoms with Gasteiger partial charge in [-0.15, -0.1) is 13.2 Å². The molecule has 0 saturated carbocycles. The Morgan fingerprint density at radius 1 is 1.10 bits per heavy atom. The van der Waals surface area contributed by atoms with E-state index in [0.717, 1.165) is 38.5 Å². The van der Waals surface area contributed by atoms with Gasteiger partial charge in [-0.1, -0.05) is 19.1 Å². The third-order valence-corrected chi connectivity index (χ3v) is 3.66. The van der Waals surface area contributed by atoms with Crippen molar-refractivity contribution in [3.63, 3.8) is 0 Å². The van der Waals surface area contributed by atoms with Crippen molar-refractivity contribution in [1.82, 2.24) is 0 Å². The van der Waals surface area contributed by atoms with Crippen LogP contribution in [0.3, 0.4) is 0 Å². The van der Waals surface area contributed by atoms with Gasteiger partial charge in [0.15, 0.2) is 0 Å². The zero-order chi connectivity index (χ0) is 15.7. The Balaban J connectivity index is 0.000000211. The molecular weight excluding hydrogens is 268 g/mol. The second-order valence-corrected chi connectivity index (χ2v) is 5.58. The lowest BCUT2D eigenvalue weighted by atomic mass is 10.0. The third kappa shape index (κ3) is 6.61. The summed E-state index contributed by atoms with van der Waals surface area (Å²) in [5.41, 5.74) is 0. The molecule has 0 aromatic rings. The van der Waals surface area contributed by atoms with E-state index in [1.54, 1.807) is 0 Å². The SMILES string of the molecule is C=CCC[C@@H]1CC(C)C(=O)O1.C=CCC[C@@H]1CCC(=O)O1. The first-order valence-electron chi connectivity index (χ1n) is 7.68. The largest absolute Gasteiger partial charge is 0.462 e. The van der Waals surface area contributed by atoms with Gasteiger partial charge in [0, 0.05) is 6.42 Å². The van der Waals surface area contributed by atoms with Crippen LogP contribution in [0.25, 0.3) is 0 Å². The van der Waals surface area contributed by atoms with Crippen LogP contribution in [0.1, 0.15) is 51.9 Å². The second kappa shape index (κ2) is 9.37. The lowest BCUT2D eigenvalue weighted by molar-refractivity contribution is -0.144. The molecule has 0 N–H and O–H groups in total. The molecule has 0 aliphatic carbocycles. The molecule has 0 amide bonds. The third-order valence-electron chi connectivity index (χ3n) is 3.66. The number of rotatable bonds is 6. The van der Waals surface area contributed by atoms with E-state index in [1.165, 1.54) is 0 Å². The number of carbonyl (C=O) groups is 2. The van der Waals surface area contributed by atoms with Gasteiger partial charge < -0.3 is 9.47 Å². The van der Waals surface area contributed by atoms with E-state index in [2.05, 4.69) is 13.2 Å². The second-order valence-electron chi connectivity index (χ2n) is 5.58. The van der Waals surface area contributed by atoms with E-state index in [1.807, 2.05) is 19.1 Å². The predicted octanol–water partition coefficient (Wildman–Crippen LogP) is 3.56. The number of cyclic esters (lactones) is 2. The molecule has 21 heavy (non-hydrogen) atoms. The average Bonchev–Trinajstić information content (AvgIpc) is 3.01. The molecule has 4 nitrogen and oxygen atoms in total. The van der Waals surface area contributed by atoms with Crippen molar-refractivity contribution < 1.29 is 19.1 Å². The normalized spacial score (nSPS) is 27.4. The van der Waals surface area contributed by atoms with Crippen molar-refractivity contribution in [2.24, 2.45) is 5.92 Å². The van der Waals surface area contributed by atoms with Crippen molar-refractivity contribution in [2.75, 3.05) is 0 Å². The topological polar surface area (TPSA) is 52.6 Å². The van der Waals surface area contributed by atoms with Crippen LogP contribution in [-0.2, 0) is 19.1 Å². The van der Waals surface area contributed by atoms with E-state index in [4.69, 9.17) is 9.47 Å². The van der Waals surface area contributed by atoms with Gasteiger partial charge in [-0.05, 0) is 38.5 Å². The average molecular weight is 294 g/mol. The fourth-order valence-corrected chi connectivity index (χ4v) is 2.39. The molecule has 2 rings (SSSR count). The van der Waals surface area contributed by atoms with Crippen LogP contribution < -0.4 is 0 Å². The van der Waals surface area contributed by atoms with E-state index in [0.29, 0.717) is 6.42 Å². The first kappa shape index (κ1) is 17.5. The highest BCUT2D eigenvalue weighted by molar-refractivity contribution is 5.74.